The molecule has 0 bridgehead atoms. The third kappa shape index (κ3) is 2.44. The first-order valence-electron chi connectivity index (χ1n) is 5.31. The number of nitrogens with two attached hydrogens (primary N) is 1. The van der Waals surface area contributed by atoms with Gasteiger partial charge in [0, 0.05) is 0 Å². The summed E-state index contributed by atoms with van der Waals surface area (Å²) in [5.74, 6) is 0.767. The minimum absolute atomic E-state index is 0.0741. The predicted molar refractivity (Wildman–Crippen MR) is 61.2 cm³/mol. The van der Waals surface area contributed by atoms with Crippen LogP contribution in [0, 0.1) is 19.8 Å². The van der Waals surface area contributed by atoms with Gasteiger partial charge in [-0.2, -0.15) is 0 Å². The van der Waals surface area contributed by atoms with Crippen LogP contribution in [-0.4, -0.2) is 16.8 Å². The van der Waals surface area contributed by atoms with Crippen molar-refractivity contribution in [2.24, 2.45) is 11.7 Å². The second kappa shape index (κ2) is 4.02. The van der Waals surface area contributed by atoms with Crippen molar-refractivity contribution in [3.63, 3.8) is 0 Å². The highest BCUT2D eigenvalue weighted by molar-refractivity contribution is 7.13. The average molecular weight is 224 g/mol. The molecule has 82 valence electrons. The summed E-state index contributed by atoms with van der Waals surface area (Å²) in [6, 6.07) is -0.323. The van der Waals surface area contributed by atoms with Crippen LogP contribution in [0.4, 0.5) is 0 Å². The molecule has 1 aromatic heterocycles. The van der Waals surface area contributed by atoms with Gasteiger partial charge >= 0.3 is 0 Å². The van der Waals surface area contributed by atoms with E-state index < -0.39 is 0 Å². The maximum Gasteiger partial charge on any atom is 0.191 e. The number of aryl methyl sites for hydroxylation is 2. The third-order valence-electron chi connectivity index (χ3n) is 2.75. The van der Waals surface area contributed by atoms with E-state index in [0.29, 0.717) is 5.92 Å². The molecule has 2 N–H and O–H groups in total. The van der Waals surface area contributed by atoms with Gasteiger partial charge in [-0.05, 0) is 26.2 Å². The fraction of sp³-hybridized carbons (Fsp3) is 0.636. The van der Waals surface area contributed by atoms with Crippen LogP contribution >= 0.6 is 11.3 Å². The Balaban J connectivity index is 2.08. The Kier molecular flexibility index (Phi) is 2.89. The third-order valence-corrected chi connectivity index (χ3v) is 3.84. The van der Waals surface area contributed by atoms with E-state index in [0.717, 1.165) is 22.0 Å². The van der Waals surface area contributed by atoms with Crippen LogP contribution in [0.25, 0.3) is 0 Å². The summed E-state index contributed by atoms with van der Waals surface area (Å²) in [6.07, 6.45) is 3.32. The fourth-order valence-corrected chi connectivity index (χ4v) is 2.67. The second-order valence-corrected chi connectivity index (χ2v) is 5.50. The van der Waals surface area contributed by atoms with Crippen molar-refractivity contribution in [3.05, 3.63) is 15.6 Å². The molecule has 1 unspecified atom stereocenters. The second-order valence-electron chi connectivity index (χ2n) is 4.30. The Morgan fingerprint density at radius 2 is 2.27 bits per heavy atom. The first kappa shape index (κ1) is 10.8. The van der Waals surface area contributed by atoms with Crippen LogP contribution in [0.15, 0.2) is 0 Å². The van der Waals surface area contributed by atoms with Gasteiger partial charge in [0.25, 0.3) is 0 Å². The van der Waals surface area contributed by atoms with Crippen molar-refractivity contribution in [1.29, 1.82) is 0 Å². The zero-order valence-corrected chi connectivity index (χ0v) is 9.93. The monoisotopic (exact) mass is 224 g/mol. The van der Waals surface area contributed by atoms with Gasteiger partial charge in [0.2, 0.25) is 0 Å². The highest BCUT2D eigenvalue weighted by atomic mass is 32.1. The molecule has 3 nitrogen and oxygen atoms in total. The van der Waals surface area contributed by atoms with Crippen molar-refractivity contribution in [2.75, 3.05) is 0 Å². The molecule has 0 aromatic carbocycles. The Labute approximate surface area is 93.7 Å². The molecule has 1 aromatic rings. The van der Waals surface area contributed by atoms with Crippen LogP contribution in [0.1, 0.15) is 39.6 Å². The summed E-state index contributed by atoms with van der Waals surface area (Å²) < 4.78 is 0. The van der Waals surface area contributed by atoms with Crippen molar-refractivity contribution >= 4 is 17.1 Å². The molecule has 1 atom stereocenters. The molecule has 1 fully saturated rings. The zero-order valence-electron chi connectivity index (χ0n) is 9.12. The van der Waals surface area contributed by atoms with Crippen LogP contribution in [0.3, 0.4) is 0 Å². The van der Waals surface area contributed by atoms with Crippen LogP contribution in [-0.2, 0) is 0 Å². The number of carbonyl (C=O) groups excluding carboxylic acids is 1. The molecule has 0 aliphatic heterocycles. The van der Waals surface area contributed by atoms with Crippen LogP contribution in [0.2, 0.25) is 0 Å². The topological polar surface area (TPSA) is 56.0 Å². The van der Waals surface area contributed by atoms with Gasteiger partial charge in [0.15, 0.2) is 5.78 Å². The quantitative estimate of drug-likeness (QED) is 0.796. The SMILES string of the molecule is Cc1nc(C)c(C(=O)C(N)CC2CC2)s1. The number of thiazole rings is 1. The zero-order chi connectivity index (χ0) is 11.0. The summed E-state index contributed by atoms with van der Waals surface area (Å²) in [5, 5.41) is 0.939. The van der Waals surface area contributed by atoms with E-state index in [9.17, 15) is 4.79 Å². The predicted octanol–water partition coefficient (Wildman–Crippen LogP) is 2.07. The molecule has 2 rings (SSSR count). The van der Waals surface area contributed by atoms with E-state index in [1.807, 2.05) is 13.8 Å². The lowest BCUT2D eigenvalue weighted by molar-refractivity contribution is 0.0958. The number of Topliss-reactive ketones (excluding diaryl/α,β-unsaturated/α-hetero) is 1. The number of ketones is 1. The molecule has 0 saturated heterocycles. The molecule has 1 heterocycles. The molecular formula is C11H16N2OS. The number of nitrogens with zero attached hydrogens (tertiary/aromatic N) is 1. The number of hydrogen-bond donors (Lipinski definition) is 1. The Hall–Kier alpha value is -0.740. The number of rotatable bonds is 4. The summed E-state index contributed by atoms with van der Waals surface area (Å²) in [5.41, 5.74) is 6.73. The van der Waals surface area contributed by atoms with Crippen molar-refractivity contribution in [1.82, 2.24) is 4.98 Å². The number of aromatic nitrogens is 1. The Morgan fingerprint density at radius 3 is 2.73 bits per heavy atom. The van der Waals surface area contributed by atoms with Gasteiger partial charge in [-0.3, -0.25) is 4.79 Å². The van der Waals surface area contributed by atoms with E-state index in [1.165, 1.54) is 24.2 Å². The smallest absolute Gasteiger partial charge is 0.191 e. The minimum Gasteiger partial charge on any atom is -0.321 e. The largest absolute Gasteiger partial charge is 0.321 e. The van der Waals surface area contributed by atoms with Crippen molar-refractivity contribution in [3.8, 4) is 0 Å². The normalized spacial score (nSPS) is 17.8. The van der Waals surface area contributed by atoms with Gasteiger partial charge < -0.3 is 5.73 Å². The molecule has 4 heteroatoms. The maximum absolute atomic E-state index is 12.0. The van der Waals surface area contributed by atoms with E-state index in [-0.39, 0.29) is 11.8 Å². The lowest BCUT2D eigenvalue weighted by Crippen LogP contribution is -2.30. The summed E-state index contributed by atoms with van der Waals surface area (Å²) in [4.78, 5) is 17.0. The number of carbonyl (C=O) groups is 1. The molecular weight excluding hydrogens is 208 g/mol. The first-order valence-corrected chi connectivity index (χ1v) is 6.13. The van der Waals surface area contributed by atoms with E-state index >= 15 is 0 Å². The number of hydrogen-bond acceptors (Lipinski definition) is 4. The highest BCUT2D eigenvalue weighted by Crippen LogP contribution is 2.34. The molecule has 1 aliphatic carbocycles. The van der Waals surface area contributed by atoms with Gasteiger partial charge in [-0.15, -0.1) is 11.3 Å². The molecule has 0 radical (unpaired) electrons. The van der Waals surface area contributed by atoms with Gasteiger partial charge in [0.05, 0.1) is 21.6 Å². The Bertz CT molecular complexity index is 382. The maximum atomic E-state index is 12.0. The lowest BCUT2D eigenvalue weighted by atomic mass is 10.1. The standard InChI is InChI=1S/C11H16N2OS/c1-6-11(15-7(2)13-6)10(14)9(12)5-8-3-4-8/h8-9H,3-5,12H2,1-2H3. The van der Waals surface area contributed by atoms with Gasteiger partial charge in [-0.1, -0.05) is 12.8 Å². The van der Waals surface area contributed by atoms with Gasteiger partial charge in [0.1, 0.15) is 0 Å². The fourth-order valence-electron chi connectivity index (χ4n) is 1.75. The average Bonchev–Trinajstić information content (AvgIpc) is 2.90. The van der Waals surface area contributed by atoms with Crippen molar-refractivity contribution < 1.29 is 4.79 Å². The van der Waals surface area contributed by atoms with E-state index in [2.05, 4.69) is 4.98 Å². The first-order chi connectivity index (χ1) is 7.08. The lowest BCUT2D eigenvalue weighted by Gasteiger charge is -2.08. The molecule has 1 saturated carbocycles. The highest BCUT2D eigenvalue weighted by Gasteiger charge is 2.28. The van der Waals surface area contributed by atoms with Crippen LogP contribution < -0.4 is 5.73 Å². The molecule has 15 heavy (non-hydrogen) atoms. The van der Waals surface area contributed by atoms with Gasteiger partial charge in [-0.25, -0.2) is 4.98 Å². The van der Waals surface area contributed by atoms with Crippen LogP contribution in [0.5, 0.6) is 0 Å². The molecule has 1 aliphatic rings. The van der Waals surface area contributed by atoms with E-state index in [4.69, 9.17) is 5.73 Å². The minimum atomic E-state index is -0.323. The molecule has 0 spiro atoms. The molecule has 0 amide bonds. The summed E-state index contributed by atoms with van der Waals surface area (Å²) in [7, 11) is 0. The summed E-state index contributed by atoms with van der Waals surface area (Å²) >= 11 is 1.46. The Morgan fingerprint density at radius 1 is 1.60 bits per heavy atom. The van der Waals surface area contributed by atoms with E-state index in [1.54, 1.807) is 0 Å². The summed E-state index contributed by atoms with van der Waals surface area (Å²) in [6.45, 7) is 3.79. The van der Waals surface area contributed by atoms with Crippen molar-refractivity contribution in [2.45, 2.75) is 39.2 Å².